The van der Waals surface area contributed by atoms with Crippen molar-refractivity contribution in [3.63, 3.8) is 0 Å². The minimum Gasteiger partial charge on any atom is -0.312 e. The number of likely N-dealkylation sites (N-methyl/N-ethyl adjacent to an activating group) is 1. The Kier molecular flexibility index (Phi) is 4.38. The van der Waals surface area contributed by atoms with Gasteiger partial charge in [-0.25, -0.2) is 4.39 Å². The molecule has 1 heterocycles. The molecule has 18 heavy (non-hydrogen) atoms. The molecule has 0 aliphatic rings. The van der Waals surface area contributed by atoms with Crippen molar-refractivity contribution in [1.82, 2.24) is 5.32 Å². The lowest BCUT2D eigenvalue weighted by molar-refractivity contribution is 0.558. The van der Waals surface area contributed by atoms with Gasteiger partial charge >= 0.3 is 0 Å². The molecule has 1 unspecified atom stereocenters. The van der Waals surface area contributed by atoms with Gasteiger partial charge in [0.05, 0.1) is 0 Å². The monoisotopic (exact) mass is 283 g/mol. The van der Waals surface area contributed by atoms with Crippen LogP contribution in [0.3, 0.4) is 0 Å². The largest absolute Gasteiger partial charge is 0.312 e. The van der Waals surface area contributed by atoms with Crippen LogP contribution in [0.4, 0.5) is 4.39 Å². The van der Waals surface area contributed by atoms with Crippen LogP contribution in [0.25, 0.3) is 0 Å². The van der Waals surface area contributed by atoms with Crippen molar-refractivity contribution in [3.05, 3.63) is 56.5 Å². The Bertz CT molecular complexity index is 518. The third-order valence-corrected chi connectivity index (χ3v) is 4.52. The van der Waals surface area contributed by atoms with Crippen LogP contribution in [-0.2, 0) is 6.42 Å². The Morgan fingerprint density at radius 2 is 2.17 bits per heavy atom. The van der Waals surface area contributed by atoms with Crippen molar-refractivity contribution >= 4 is 22.9 Å². The van der Waals surface area contributed by atoms with Gasteiger partial charge in [-0.1, -0.05) is 17.7 Å². The fourth-order valence-electron chi connectivity index (χ4n) is 2.00. The lowest BCUT2D eigenvalue weighted by atomic mass is 10.0. The molecule has 0 aliphatic carbocycles. The van der Waals surface area contributed by atoms with Gasteiger partial charge in [-0.2, -0.15) is 0 Å². The van der Waals surface area contributed by atoms with Gasteiger partial charge in [-0.15, -0.1) is 11.3 Å². The molecule has 1 nitrogen and oxygen atoms in total. The molecule has 1 aromatic carbocycles. The highest BCUT2D eigenvalue weighted by Gasteiger charge is 2.17. The standard InChI is InChI=1S/C14H15ClFNS/c1-9-6-7-18-14(9)13(17-2)8-10-11(15)4-3-5-12(10)16/h3-7,13,17H,8H2,1-2H3. The highest BCUT2D eigenvalue weighted by atomic mass is 35.5. The van der Waals surface area contributed by atoms with E-state index in [0.29, 0.717) is 17.0 Å². The van der Waals surface area contributed by atoms with Crippen molar-refractivity contribution in [2.75, 3.05) is 7.05 Å². The van der Waals surface area contributed by atoms with Crippen molar-refractivity contribution < 1.29 is 4.39 Å². The number of nitrogens with one attached hydrogen (secondary N) is 1. The molecule has 0 amide bonds. The molecule has 2 rings (SSSR count). The Morgan fingerprint density at radius 3 is 2.72 bits per heavy atom. The molecule has 1 N–H and O–H groups in total. The van der Waals surface area contributed by atoms with Crippen LogP contribution < -0.4 is 5.32 Å². The minimum atomic E-state index is -0.239. The maximum Gasteiger partial charge on any atom is 0.127 e. The smallest absolute Gasteiger partial charge is 0.127 e. The Morgan fingerprint density at radius 1 is 1.39 bits per heavy atom. The van der Waals surface area contributed by atoms with E-state index in [9.17, 15) is 4.39 Å². The van der Waals surface area contributed by atoms with Gasteiger partial charge in [-0.05, 0) is 49.5 Å². The fraction of sp³-hybridized carbons (Fsp3) is 0.286. The maximum absolute atomic E-state index is 13.8. The summed E-state index contributed by atoms with van der Waals surface area (Å²) in [7, 11) is 1.89. The molecule has 4 heteroatoms. The number of thiophene rings is 1. The molecule has 1 atom stereocenters. The summed E-state index contributed by atoms with van der Waals surface area (Å²) in [4.78, 5) is 1.23. The molecule has 0 fully saturated rings. The number of aryl methyl sites for hydroxylation is 1. The van der Waals surface area contributed by atoms with Gasteiger partial charge in [0.25, 0.3) is 0 Å². The third kappa shape index (κ3) is 2.74. The van der Waals surface area contributed by atoms with Crippen LogP contribution in [-0.4, -0.2) is 7.05 Å². The van der Waals surface area contributed by atoms with E-state index < -0.39 is 0 Å². The molecule has 0 saturated heterocycles. The number of hydrogen-bond acceptors (Lipinski definition) is 2. The summed E-state index contributed by atoms with van der Waals surface area (Å²) in [5, 5.41) is 5.78. The van der Waals surface area contributed by atoms with Gasteiger partial charge in [-0.3, -0.25) is 0 Å². The second-order valence-electron chi connectivity index (χ2n) is 4.21. The van der Waals surface area contributed by atoms with E-state index in [1.54, 1.807) is 23.5 Å². The fourth-order valence-corrected chi connectivity index (χ4v) is 3.28. The summed E-state index contributed by atoms with van der Waals surface area (Å²) in [6, 6.07) is 6.99. The van der Waals surface area contributed by atoms with E-state index in [1.807, 2.05) is 7.05 Å². The first-order valence-corrected chi connectivity index (χ1v) is 7.03. The first-order valence-electron chi connectivity index (χ1n) is 5.77. The molecule has 0 radical (unpaired) electrons. The minimum absolute atomic E-state index is 0.0967. The van der Waals surface area contributed by atoms with E-state index in [2.05, 4.69) is 23.7 Å². The van der Waals surface area contributed by atoms with Crippen molar-refractivity contribution in [2.24, 2.45) is 0 Å². The SMILES string of the molecule is CNC(Cc1c(F)cccc1Cl)c1sccc1C. The highest BCUT2D eigenvalue weighted by molar-refractivity contribution is 7.10. The van der Waals surface area contributed by atoms with E-state index in [0.717, 1.165) is 0 Å². The molecule has 1 aromatic heterocycles. The molecule has 0 saturated carbocycles. The van der Waals surface area contributed by atoms with Crippen LogP contribution >= 0.6 is 22.9 Å². The van der Waals surface area contributed by atoms with Crippen molar-refractivity contribution in [1.29, 1.82) is 0 Å². The highest BCUT2D eigenvalue weighted by Crippen LogP contribution is 2.29. The van der Waals surface area contributed by atoms with Crippen LogP contribution in [0.2, 0.25) is 5.02 Å². The summed E-state index contributed by atoms with van der Waals surface area (Å²) in [5.41, 5.74) is 1.80. The predicted molar refractivity (Wildman–Crippen MR) is 76.0 cm³/mol. The summed E-state index contributed by atoms with van der Waals surface area (Å²) in [6.45, 7) is 2.07. The average Bonchev–Trinajstić information content (AvgIpc) is 2.76. The van der Waals surface area contributed by atoms with E-state index in [4.69, 9.17) is 11.6 Å². The Labute approximate surface area is 116 Å². The topological polar surface area (TPSA) is 12.0 Å². The van der Waals surface area contributed by atoms with Crippen LogP contribution in [0.15, 0.2) is 29.6 Å². The zero-order valence-corrected chi connectivity index (χ0v) is 11.9. The van der Waals surface area contributed by atoms with Gasteiger partial charge in [0, 0.05) is 21.5 Å². The zero-order valence-electron chi connectivity index (χ0n) is 10.3. The normalized spacial score (nSPS) is 12.7. The van der Waals surface area contributed by atoms with Crippen molar-refractivity contribution in [3.8, 4) is 0 Å². The maximum atomic E-state index is 13.8. The van der Waals surface area contributed by atoms with E-state index >= 15 is 0 Å². The average molecular weight is 284 g/mol. The Hall–Kier alpha value is -0.900. The first kappa shape index (κ1) is 13.5. The van der Waals surface area contributed by atoms with Gasteiger partial charge in [0.1, 0.15) is 5.82 Å². The van der Waals surface area contributed by atoms with Gasteiger partial charge in [0.2, 0.25) is 0 Å². The number of hydrogen-bond donors (Lipinski definition) is 1. The molecule has 0 spiro atoms. The lowest BCUT2D eigenvalue weighted by Gasteiger charge is -2.17. The summed E-state index contributed by atoms with van der Waals surface area (Å²) in [6.07, 6.45) is 0.559. The second kappa shape index (κ2) is 5.83. The zero-order chi connectivity index (χ0) is 13.1. The summed E-state index contributed by atoms with van der Waals surface area (Å²) in [5.74, 6) is -0.239. The number of rotatable bonds is 4. The molecule has 0 aliphatic heterocycles. The predicted octanol–water partition coefficient (Wildman–Crippen LogP) is 4.35. The van der Waals surface area contributed by atoms with E-state index in [-0.39, 0.29) is 11.9 Å². The van der Waals surface area contributed by atoms with Crippen molar-refractivity contribution in [2.45, 2.75) is 19.4 Å². The van der Waals surface area contributed by atoms with Crippen LogP contribution in [0.5, 0.6) is 0 Å². The van der Waals surface area contributed by atoms with Crippen LogP contribution in [0.1, 0.15) is 22.0 Å². The molecule has 2 aromatic rings. The number of benzene rings is 1. The van der Waals surface area contributed by atoms with Gasteiger partial charge < -0.3 is 5.32 Å². The molecule has 0 bridgehead atoms. The molecular weight excluding hydrogens is 269 g/mol. The molecular formula is C14H15ClFNS. The summed E-state index contributed by atoms with van der Waals surface area (Å²) >= 11 is 7.75. The number of halogens is 2. The Balaban J connectivity index is 2.29. The first-order chi connectivity index (χ1) is 8.63. The quantitative estimate of drug-likeness (QED) is 0.879. The van der Waals surface area contributed by atoms with E-state index in [1.165, 1.54) is 16.5 Å². The molecule has 96 valence electrons. The summed E-state index contributed by atoms with van der Waals surface area (Å²) < 4.78 is 13.8. The second-order valence-corrected chi connectivity index (χ2v) is 5.57. The third-order valence-electron chi connectivity index (χ3n) is 3.04. The van der Waals surface area contributed by atoms with Crippen LogP contribution in [0, 0.1) is 12.7 Å². The lowest BCUT2D eigenvalue weighted by Crippen LogP contribution is -2.19. The van der Waals surface area contributed by atoms with Gasteiger partial charge in [0.15, 0.2) is 0 Å².